The fourth-order valence-corrected chi connectivity index (χ4v) is 7.99. The zero-order valence-corrected chi connectivity index (χ0v) is 22.7. The Morgan fingerprint density at radius 3 is 2.62 bits per heavy atom. The van der Waals surface area contributed by atoms with Crippen LogP contribution in [0.15, 0.2) is 70.6 Å². The van der Waals surface area contributed by atoms with Crippen molar-refractivity contribution in [2.45, 2.75) is 50.1 Å². The summed E-state index contributed by atoms with van der Waals surface area (Å²) >= 11 is 1.47. The molecule has 0 N–H and O–H groups in total. The van der Waals surface area contributed by atoms with Gasteiger partial charge in [0.05, 0.1) is 21.7 Å². The van der Waals surface area contributed by atoms with E-state index in [1.165, 1.54) is 23.5 Å². The Bertz CT molecular complexity index is 1600. The quantitative estimate of drug-likeness (QED) is 0.325. The average molecular weight is 538 g/mol. The van der Waals surface area contributed by atoms with Crippen LogP contribution in [0.25, 0.3) is 21.0 Å². The number of piperidine rings is 1. The van der Waals surface area contributed by atoms with Crippen LogP contribution in [-0.4, -0.2) is 49.5 Å². The Balaban J connectivity index is 1.50. The zero-order chi connectivity index (χ0) is 26.0. The molecule has 1 unspecified atom stereocenters. The summed E-state index contributed by atoms with van der Waals surface area (Å²) in [4.78, 5) is 18.4. The van der Waals surface area contributed by atoms with Crippen molar-refractivity contribution in [3.63, 3.8) is 0 Å². The average Bonchev–Trinajstić information content (AvgIpc) is 3.29. The Morgan fingerprint density at radius 2 is 1.86 bits per heavy atom. The largest absolute Gasteiger partial charge is 0.383 e. The molecule has 4 aromatic rings. The van der Waals surface area contributed by atoms with Gasteiger partial charge in [0.2, 0.25) is 10.0 Å². The molecule has 1 aliphatic rings. The number of hydrogen-bond acceptors (Lipinski definition) is 5. The molecule has 194 valence electrons. The summed E-state index contributed by atoms with van der Waals surface area (Å²) in [6.45, 7) is 3.62. The molecule has 0 radical (unpaired) electrons. The maximum atomic E-state index is 13.3. The molecule has 1 amide bonds. The van der Waals surface area contributed by atoms with Crippen LogP contribution in [0.5, 0.6) is 0 Å². The van der Waals surface area contributed by atoms with Gasteiger partial charge in [0.1, 0.15) is 0 Å². The van der Waals surface area contributed by atoms with E-state index in [4.69, 9.17) is 4.74 Å². The Labute approximate surface area is 221 Å². The van der Waals surface area contributed by atoms with Crippen LogP contribution in [-0.2, 0) is 21.3 Å². The lowest BCUT2D eigenvalue weighted by Gasteiger charge is -2.34. The van der Waals surface area contributed by atoms with Gasteiger partial charge in [-0.15, -0.1) is 0 Å². The molecule has 37 heavy (non-hydrogen) atoms. The predicted molar refractivity (Wildman–Crippen MR) is 147 cm³/mol. The van der Waals surface area contributed by atoms with Gasteiger partial charge in [-0.2, -0.15) is 9.30 Å². The van der Waals surface area contributed by atoms with Gasteiger partial charge in [0.25, 0.3) is 5.91 Å². The Hall–Kier alpha value is -2.85. The number of hydrogen-bond donors (Lipinski definition) is 0. The number of thiazole rings is 1. The van der Waals surface area contributed by atoms with Crippen molar-refractivity contribution in [1.29, 1.82) is 0 Å². The number of fused-ring (bicyclic) bond motifs is 3. The highest BCUT2D eigenvalue weighted by Gasteiger charge is 2.32. The zero-order valence-electron chi connectivity index (χ0n) is 21.1. The SMILES string of the molecule is CCC1CCCCN1S(=O)(=O)c1ccc(C(=O)N=c2sc3c4ccccc4ccc3n2CCOC)cc1. The van der Waals surface area contributed by atoms with Crippen molar-refractivity contribution < 1.29 is 17.9 Å². The highest BCUT2D eigenvalue weighted by atomic mass is 32.2. The van der Waals surface area contributed by atoms with Gasteiger partial charge in [-0.25, -0.2) is 8.42 Å². The lowest BCUT2D eigenvalue weighted by Crippen LogP contribution is -2.43. The number of nitrogens with zero attached hydrogens (tertiary/aromatic N) is 3. The van der Waals surface area contributed by atoms with E-state index in [0.717, 1.165) is 46.7 Å². The Morgan fingerprint density at radius 1 is 1.08 bits per heavy atom. The topological polar surface area (TPSA) is 81.0 Å². The van der Waals surface area contributed by atoms with E-state index < -0.39 is 15.9 Å². The van der Waals surface area contributed by atoms with Crippen LogP contribution in [0.3, 0.4) is 0 Å². The Kier molecular flexibility index (Phi) is 7.57. The van der Waals surface area contributed by atoms with Gasteiger partial charge in [-0.1, -0.05) is 55.0 Å². The third-order valence-corrected chi connectivity index (χ3v) is 10.1. The van der Waals surface area contributed by atoms with Crippen molar-refractivity contribution in [2.24, 2.45) is 4.99 Å². The second-order valence-electron chi connectivity index (χ2n) is 9.28. The molecule has 7 nitrogen and oxygen atoms in total. The number of rotatable bonds is 7. The summed E-state index contributed by atoms with van der Waals surface area (Å²) in [5.41, 5.74) is 1.35. The number of benzene rings is 3. The van der Waals surface area contributed by atoms with Gasteiger partial charge in [-0.05, 0) is 55.0 Å². The lowest BCUT2D eigenvalue weighted by molar-refractivity contribution is 0.0997. The fourth-order valence-electron chi connectivity index (χ4n) is 5.04. The summed E-state index contributed by atoms with van der Waals surface area (Å²) in [5.74, 6) is -0.407. The van der Waals surface area contributed by atoms with E-state index in [0.29, 0.717) is 30.1 Å². The first-order valence-corrected chi connectivity index (χ1v) is 14.9. The molecule has 5 rings (SSSR count). The summed E-state index contributed by atoms with van der Waals surface area (Å²) < 4.78 is 36.6. The second kappa shape index (κ2) is 10.9. The molecule has 9 heteroatoms. The molecule has 0 spiro atoms. The van der Waals surface area contributed by atoms with E-state index in [-0.39, 0.29) is 10.9 Å². The van der Waals surface area contributed by atoms with Crippen molar-refractivity contribution in [2.75, 3.05) is 20.3 Å². The van der Waals surface area contributed by atoms with Crippen LogP contribution in [0, 0.1) is 0 Å². The minimum absolute atomic E-state index is 0.0293. The standard InChI is InChI=1S/C28H31N3O4S2/c1-3-22-9-6-7-17-31(22)37(33,34)23-14-11-21(12-15-23)27(32)29-28-30(18-19-35-2)25-16-13-20-8-4-5-10-24(20)26(25)36-28/h4-5,8,10-16,22H,3,6-7,9,17-19H2,1-2H3. The summed E-state index contributed by atoms with van der Waals surface area (Å²) in [7, 11) is -1.96. The third-order valence-electron chi connectivity index (χ3n) is 7.04. The molecule has 1 aliphatic heterocycles. The highest BCUT2D eigenvalue weighted by molar-refractivity contribution is 7.89. The normalized spacial score (nSPS) is 17.6. The minimum Gasteiger partial charge on any atom is -0.383 e. The van der Waals surface area contributed by atoms with Gasteiger partial charge in [0.15, 0.2) is 4.80 Å². The van der Waals surface area contributed by atoms with Crippen molar-refractivity contribution in [1.82, 2.24) is 8.87 Å². The fraction of sp³-hybridized carbons (Fsp3) is 0.357. The molecule has 2 heterocycles. The predicted octanol–water partition coefficient (Wildman–Crippen LogP) is 5.20. The highest BCUT2D eigenvalue weighted by Crippen LogP contribution is 2.29. The van der Waals surface area contributed by atoms with Crippen LogP contribution < -0.4 is 4.80 Å². The number of carbonyl (C=O) groups excluding carboxylic acids is 1. The summed E-state index contributed by atoms with van der Waals surface area (Å²) in [6.07, 6.45) is 3.61. The molecule has 1 aromatic heterocycles. The minimum atomic E-state index is -3.60. The molecular formula is C28H31N3O4S2. The smallest absolute Gasteiger partial charge is 0.279 e. The van der Waals surface area contributed by atoms with Crippen LogP contribution in [0.4, 0.5) is 0 Å². The lowest BCUT2D eigenvalue weighted by atomic mass is 10.0. The number of amides is 1. The molecule has 1 fully saturated rings. The summed E-state index contributed by atoms with van der Waals surface area (Å²) in [5, 5.41) is 2.24. The second-order valence-corrected chi connectivity index (χ2v) is 12.1. The maximum Gasteiger partial charge on any atom is 0.279 e. The first kappa shape index (κ1) is 25.8. The molecule has 1 saturated heterocycles. The maximum absolute atomic E-state index is 13.3. The number of carbonyl (C=O) groups is 1. The van der Waals surface area contributed by atoms with Gasteiger partial charge in [-0.3, -0.25) is 4.79 Å². The van der Waals surface area contributed by atoms with Crippen LogP contribution >= 0.6 is 11.3 Å². The van der Waals surface area contributed by atoms with Crippen molar-refractivity contribution >= 4 is 48.3 Å². The van der Waals surface area contributed by atoms with Crippen LogP contribution in [0.1, 0.15) is 43.0 Å². The van der Waals surface area contributed by atoms with Crippen molar-refractivity contribution in [3.8, 4) is 0 Å². The first-order valence-electron chi connectivity index (χ1n) is 12.6. The molecular weight excluding hydrogens is 506 g/mol. The molecule has 1 atom stereocenters. The number of aromatic nitrogens is 1. The number of methoxy groups -OCH3 is 1. The van der Waals surface area contributed by atoms with E-state index in [2.05, 4.69) is 29.3 Å². The molecule has 0 aliphatic carbocycles. The monoisotopic (exact) mass is 537 g/mol. The number of ether oxygens (including phenoxy) is 1. The molecule has 0 saturated carbocycles. The third kappa shape index (κ3) is 5.01. The van der Waals surface area contributed by atoms with Crippen molar-refractivity contribution in [3.05, 3.63) is 71.0 Å². The summed E-state index contributed by atoms with van der Waals surface area (Å²) in [6, 6.07) is 18.5. The van der Waals surface area contributed by atoms with E-state index >= 15 is 0 Å². The molecule has 0 bridgehead atoms. The van der Waals surface area contributed by atoms with E-state index in [1.807, 2.05) is 23.6 Å². The molecule has 3 aromatic carbocycles. The van der Waals surface area contributed by atoms with E-state index in [1.54, 1.807) is 23.5 Å². The van der Waals surface area contributed by atoms with Crippen LogP contribution in [0.2, 0.25) is 0 Å². The van der Waals surface area contributed by atoms with E-state index in [9.17, 15) is 13.2 Å². The van der Waals surface area contributed by atoms with Gasteiger partial charge >= 0.3 is 0 Å². The van der Waals surface area contributed by atoms with Gasteiger partial charge < -0.3 is 9.30 Å². The number of sulfonamides is 1. The van der Waals surface area contributed by atoms with Gasteiger partial charge in [0, 0.05) is 37.2 Å². The first-order chi connectivity index (χ1) is 17.9.